The lowest BCUT2D eigenvalue weighted by Gasteiger charge is -2.26. The van der Waals surface area contributed by atoms with Gasteiger partial charge in [-0.1, -0.05) is 52.0 Å². The largest absolute Gasteiger partial charge is 0.426 e. The van der Waals surface area contributed by atoms with E-state index in [-0.39, 0.29) is 13.3 Å². The number of ether oxygens (including phenoxy) is 1. The van der Waals surface area contributed by atoms with Crippen LogP contribution in [0.4, 0.5) is 0 Å². The van der Waals surface area contributed by atoms with Gasteiger partial charge in [-0.05, 0) is 79.3 Å². The summed E-state index contributed by atoms with van der Waals surface area (Å²) in [5, 5.41) is 0. The van der Waals surface area contributed by atoms with Crippen LogP contribution in [0.1, 0.15) is 65.9 Å². The van der Waals surface area contributed by atoms with Gasteiger partial charge in [0.25, 0.3) is 0 Å². The molecule has 32 heavy (non-hydrogen) atoms. The normalized spacial score (nSPS) is 17.2. The zero-order chi connectivity index (χ0) is 23.8. The summed E-state index contributed by atoms with van der Waals surface area (Å²) in [6.07, 6.45) is 5.38. The fourth-order valence-corrected chi connectivity index (χ4v) is 3.88. The van der Waals surface area contributed by atoms with E-state index < -0.39 is 0 Å². The Morgan fingerprint density at radius 2 is 1.28 bits per heavy atom. The summed E-state index contributed by atoms with van der Waals surface area (Å²) in [6.45, 7) is 8.55. The van der Waals surface area contributed by atoms with E-state index >= 15 is 0 Å². The minimum Gasteiger partial charge on any atom is -0.426 e. The number of carbonyl (C=O) groups excluding carboxylic acids is 1. The van der Waals surface area contributed by atoms with Crippen LogP contribution in [0.3, 0.4) is 0 Å². The van der Waals surface area contributed by atoms with Crippen molar-refractivity contribution in [2.45, 2.75) is 65.7 Å². The third-order valence-electron chi connectivity index (χ3n) is 5.18. The van der Waals surface area contributed by atoms with Crippen molar-refractivity contribution in [2.24, 2.45) is 11.8 Å². The summed E-state index contributed by atoms with van der Waals surface area (Å²) in [5.74, 6) is 1.60. The molecular weight excluding hydrogens is 438 g/mol. The van der Waals surface area contributed by atoms with Gasteiger partial charge in [-0.3, -0.25) is 4.79 Å². The lowest BCUT2D eigenvalue weighted by molar-refractivity contribution is -0.218. The molecule has 0 aromatic heterocycles. The standard InChI is InChI=1S/C22H28O4P2.2C2H6.H2/c23-22(25-20-9-3-17(14-27)4-10-20)19-7-1-16(2-8-19)13-24-26-21-11-5-18(15-28)6-12-21;2*1-2;/h3-6,9-12,16,19H,1-2,7-8,13-15,27-28H2;2*1-2H3;1H. The van der Waals surface area contributed by atoms with Crippen LogP contribution in [0.15, 0.2) is 48.5 Å². The van der Waals surface area contributed by atoms with Crippen molar-refractivity contribution in [3.8, 4) is 11.5 Å². The maximum atomic E-state index is 12.4. The van der Waals surface area contributed by atoms with E-state index in [1.165, 1.54) is 11.1 Å². The van der Waals surface area contributed by atoms with Gasteiger partial charge in [-0.15, -0.1) is 18.5 Å². The molecule has 0 bridgehead atoms. The second-order valence-corrected chi connectivity index (χ2v) is 8.02. The van der Waals surface area contributed by atoms with Crippen LogP contribution in [-0.4, -0.2) is 12.6 Å². The lowest BCUT2D eigenvalue weighted by Crippen LogP contribution is -2.27. The first-order chi connectivity index (χ1) is 15.7. The second-order valence-electron chi connectivity index (χ2n) is 7.20. The Labute approximate surface area is 200 Å². The van der Waals surface area contributed by atoms with Crippen molar-refractivity contribution < 1.29 is 20.7 Å². The Kier molecular flexibility index (Phi) is 15.2. The molecule has 4 nitrogen and oxygen atoms in total. The van der Waals surface area contributed by atoms with Crippen molar-refractivity contribution in [1.29, 1.82) is 0 Å². The predicted octanol–water partition coefficient (Wildman–Crippen LogP) is 7.46. The quantitative estimate of drug-likeness (QED) is 0.129. The molecule has 2 aromatic rings. The molecule has 2 atom stereocenters. The van der Waals surface area contributed by atoms with Crippen LogP contribution in [0.2, 0.25) is 0 Å². The molecule has 0 amide bonds. The third kappa shape index (κ3) is 9.99. The molecule has 0 radical (unpaired) electrons. The zero-order valence-corrected chi connectivity index (χ0v) is 22.3. The molecule has 1 aliphatic carbocycles. The zero-order valence-electron chi connectivity index (χ0n) is 20.0. The summed E-state index contributed by atoms with van der Waals surface area (Å²) < 4.78 is 5.54. The molecule has 3 rings (SSSR count). The van der Waals surface area contributed by atoms with Gasteiger partial charge < -0.3 is 9.62 Å². The first-order valence-electron chi connectivity index (χ1n) is 11.8. The van der Waals surface area contributed by atoms with Crippen LogP contribution in [-0.2, 0) is 22.0 Å². The summed E-state index contributed by atoms with van der Waals surface area (Å²) in [7, 11) is 5.39. The van der Waals surface area contributed by atoms with E-state index in [1.807, 2.05) is 76.2 Å². The summed E-state index contributed by atoms with van der Waals surface area (Å²) in [6, 6.07) is 15.6. The van der Waals surface area contributed by atoms with Gasteiger partial charge in [0, 0.05) is 1.43 Å². The van der Waals surface area contributed by atoms with E-state index in [9.17, 15) is 4.79 Å². The molecule has 6 heteroatoms. The average molecular weight is 481 g/mol. The van der Waals surface area contributed by atoms with Gasteiger partial charge in [0.15, 0.2) is 5.75 Å². The smallest absolute Gasteiger partial charge is 0.314 e. The Morgan fingerprint density at radius 3 is 1.75 bits per heavy atom. The SMILES string of the molecule is CC.CC.O=C(Oc1ccc(CP)cc1)C1CCC(COOc2ccc(CP)cc2)CC1.[HH]. The fraction of sp³-hybridized carbons (Fsp3) is 0.500. The highest BCUT2D eigenvalue weighted by atomic mass is 31.0. The molecule has 1 saturated carbocycles. The molecule has 2 unspecified atom stereocenters. The minimum atomic E-state index is -0.122. The van der Waals surface area contributed by atoms with Crippen LogP contribution in [0.25, 0.3) is 0 Å². The molecule has 1 fully saturated rings. The molecular formula is C26H42O4P2. The molecule has 0 heterocycles. The van der Waals surface area contributed by atoms with Crippen molar-refractivity contribution >= 4 is 24.4 Å². The van der Waals surface area contributed by atoms with E-state index in [4.69, 9.17) is 14.5 Å². The molecule has 0 N–H and O–H groups in total. The van der Waals surface area contributed by atoms with Crippen LogP contribution in [0.5, 0.6) is 11.5 Å². The Morgan fingerprint density at radius 1 is 0.812 bits per heavy atom. The minimum absolute atomic E-state index is 0. The van der Waals surface area contributed by atoms with Gasteiger partial charge in [-0.2, -0.15) is 4.89 Å². The summed E-state index contributed by atoms with van der Waals surface area (Å²) >= 11 is 0. The average Bonchev–Trinajstić information content (AvgIpc) is 2.88. The van der Waals surface area contributed by atoms with E-state index in [1.54, 1.807) is 0 Å². The molecule has 180 valence electrons. The monoisotopic (exact) mass is 480 g/mol. The first-order valence-corrected chi connectivity index (χ1v) is 13.4. The van der Waals surface area contributed by atoms with Crippen molar-refractivity contribution in [1.82, 2.24) is 0 Å². The Balaban J connectivity index is 0.00000194. The van der Waals surface area contributed by atoms with Crippen molar-refractivity contribution in [3.63, 3.8) is 0 Å². The summed E-state index contributed by atoms with van der Waals surface area (Å²) in [5.41, 5.74) is 2.44. The highest BCUT2D eigenvalue weighted by Crippen LogP contribution is 2.30. The maximum Gasteiger partial charge on any atom is 0.314 e. The molecule has 0 saturated heterocycles. The highest BCUT2D eigenvalue weighted by Gasteiger charge is 2.28. The first kappa shape index (κ1) is 28.6. The van der Waals surface area contributed by atoms with Gasteiger partial charge in [0.1, 0.15) is 5.75 Å². The third-order valence-corrected chi connectivity index (χ3v) is 6.12. The number of benzene rings is 2. The van der Waals surface area contributed by atoms with Crippen molar-refractivity contribution in [3.05, 3.63) is 59.7 Å². The lowest BCUT2D eigenvalue weighted by atomic mass is 9.82. The number of hydrogen-bond acceptors (Lipinski definition) is 4. The Hall–Kier alpha value is -1.47. The van der Waals surface area contributed by atoms with Crippen LogP contribution < -0.4 is 9.62 Å². The Bertz CT molecular complexity index is 746. The van der Waals surface area contributed by atoms with Crippen LogP contribution in [0, 0.1) is 11.8 Å². The molecule has 2 aromatic carbocycles. The van der Waals surface area contributed by atoms with Crippen molar-refractivity contribution in [2.75, 3.05) is 6.61 Å². The fourth-order valence-electron chi connectivity index (χ4n) is 3.34. The molecule has 0 spiro atoms. The topological polar surface area (TPSA) is 44.8 Å². The van der Waals surface area contributed by atoms with E-state index in [0.29, 0.717) is 24.0 Å². The number of carbonyl (C=O) groups is 1. The maximum absolute atomic E-state index is 12.4. The van der Waals surface area contributed by atoms with Gasteiger partial charge in [-0.25, -0.2) is 0 Å². The molecule has 0 aliphatic heterocycles. The number of esters is 1. The van der Waals surface area contributed by atoms with E-state index in [0.717, 1.165) is 38.0 Å². The van der Waals surface area contributed by atoms with Gasteiger partial charge >= 0.3 is 5.97 Å². The number of hydrogen-bond donors (Lipinski definition) is 0. The highest BCUT2D eigenvalue weighted by molar-refractivity contribution is 7.15. The van der Waals surface area contributed by atoms with Gasteiger partial charge in [0.05, 0.1) is 12.5 Å². The van der Waals surface area contributed by atoms with E-state index in [2.05, 4.69) is 18.5 Å². The van der Waals surface area contributed by atoms with Gasteiger partial charge in [0.2, 0.25) is 0 Å². The predicted molar refractivity (Wildman–Crippen MR) is 142 cm³/mol. The second kappa shape index (κ2) is 17.1. The number of rotatable bonds is 8. The molecule has 1 aliphatic rings. The van der Waals surface area contributed by atoms with Crippen LogP contribution >= 0.6 is 18.5 Å². The summed E-state index contributed by atoms with van der Waals surface area (Å²) in [4.78, 5) is 23.2.